The molecule has 0 aliphatic carbocycles. The lowest BCUT2D eigenvalue weighted by atomic mass is 10.0. The molecule has 1 heterocycles. The number of nitrogens with zero attached hydrogens (tertiary/aromatic N) is 3. The molecule has 34 heavy (non-hydrogen) atoms. The summed E-state index contributed by atoms with van der Waals surface area (Å²) in [6, 6.07) is 15.1. The number of hydrogen-bond donors (Lipinski definition) is 2. The summed E-state index contributed by atoms with van der Waals surface area (Å²) in [6.45, 7) is 3.99. The van der Waals surface area contributed by atoms with E-state index in [4.69, 9.17) is 0 Å². The van der Waals surface area contributed by atoms with Gasteiger partial charge in [-0.05, 0) is 42.3 Å². The summed E-state index contributed by atoms with van der Waals surface area (Å²) in [4.78, 5) is 36.6. The van der Waals surface area contributed by atoms with Gasteiger partial charge in [0, 0.05) is 18.3 Å². The molecular formula is C24H27N5O4S. The average molecular weight is 482 g/mol. The smallest absolute Gasteiger partial charge is 0.337 e. The van der Waals surface area contributed by atoms with Crippen LogP contribution in [0.25, 0.3) is 0 Å². The highest BCUT2D eigenvalue weighted by Crippen LogP contribution is 2.24. The number of anilines is 1. The molecule has 0 aliphatic rings. The van der Waals surface area contributed by atoms with E-state index in [0.717, 1.165) is 0 Å². The number of amides is 2. The van der Waals surface area contributed by atoms with E-state index in [1.54, 1.807) is 41.0 Å². The van der Waals surface area contributed by atoms with Crippen molar-refractivity contribution >= 4 is 35.2 Å². The fourth-order valence-electron chi connectivity index (χ4n) is 3.20. The minimum Gasteiger partial charge on any atom is -0.465 e. The first-order valence-electron chi connectivity index (χ1n) is 10.7. The van der Waals surface area contributed by atoms with Gasteiger partial charge in [0.05, 0.1) is 24.5 Å². The fraction of sp³-hybridized carbons (Fsp3) is 0.292. The van der Waals surface area contributed by atoms with Gasteiger partial charge < -0.3 is 19.9 Å². The largest absolute Gasteiger partial charge is 0.465 e. The Kier molecular flexibility index (Phi) is 8.42. The van der Waals surface area contributed by atoms with Gasteiger partial charge in [-0.2, -0.15) is 0 Å². The summed E-state index contributed by atoms with van der Waals surface area (Å²) >= 11 is 1.24. The number of ether oxygens (including phenoxy) is 1. The van der Waals surface area contributed by atoms with Crippen molar-refractivity contribution in [3.05, 3.63) is 71.5 Å². The van der Waals surface area contributed by atoms with Gasteiger partial charge >= 0.3 is 5.97 Å². The fourth-order valence-corrected chi connectivity index (χ4v) is 3.92. The second kappa shape index (κ2) is 11.5. The Morgan fingerprint density at radius 1 is 1.00 bits per heavy atom. The molecule has 10 heteroatoms. The zero-order chi connectivity index (χ0) is 24.7. The second-order valence-electron chi connectivity index (χ2n) is 7.87. The number of carbonyl (C=O) groups excluding carboxylic acids is 3. The third kappa shape index (κ3) is 6.22. The maximum absolute atomic E-state index is 12.7. The SMILES string of the molecule is COC(=O)c1ccc(NC(=O)CSc2nnc([C@H](NC(=O)c3ccccc3)C(C)C)n2C)cc1. The Hall–Kier alpha value is -3.66. The van der Waals surface area contributed by atoms with E-state index in [0.29, 0.717) is 27.8 Å². The minimum absolute atomic E-state index is 0.0738. The van der Waals surface area contributed by atoms with Crippen molar-refractivity contribution in [2.75, 3.05) is 18.2 Å². The Morgan fingerprint density at radius 3 is 2.29 bits per heavy atom. The molecule has 0 saturated heterocycles. The van der Waals surface area contributed by atoms with Gasteiger partial charge in [0.1, 0.15) is 0 Å². The monoisotopic (exact) mass is 481 g/mol. The molecule has 0 spiro atoms. The molecule has 1 aromatic heterocycles. The van der Waals surface area contributed by atoms with Crippen LogP contribution in [0, 0.1) is 5.92 Å². The lowest BCUT2D eigenvalue weighted by Crippen LogP contribution is -2.33. The first-order valence-corrected chi connectivity index (χ1v) is 11.6. The molecule has 0 unspecified atom stereocenters. The van der Waals surface area contributed by atoms with E-state index < -0.39 is 5.97 Å². The van der Waals surface area contributed by atoms with Crippen molar-refractivity contribution in [1.29, 1.82) is 0 Å². The molecule has 2 aromatic carbocycles. The quantitative estimate of drug-likeness (QED) is 0.355. The number of aromatic nitrogens is 3. The molecule has 0 fully saturated rings. The lowest BCUT2D eigenvalue weighted by molar-refractivity contribution is -0.113. The van der Waals surface area contributed by atoms with Gasteiger partial charge in [0.15, 0.2) is 11.0 Å². The standard InChI is InChI=1S/C24H27N5O4S/c1-15(2)20(26-22(31)16-8-6-5-7-9-16)21-27-28-24(29(21)3)34-14-19(30)25-18-12-10-17(11-13-18)23(32)33-4/h5-13,15,20H,14H2,1-4H3,(H,25,30)(H,26,31)/t20-/m1/s1. The molecular weight excluding hydrogens is 454 g/mol. The van der Waals surface area contributed by atoms with Crippen molar-refractivity contribution in [2.45, 2.75) is 25.0 Å². The first kappa shape index (κ1) is 25.0. The second-order valence-corrected chi connectivity index (χ2v) is 8.81. The van der Waals surface area contributed by atoms with Crippen LogP contribution in [-0.4, -0.2) is 45.4 Å². The number of thioether (sulfide) groups is 1. The Bertz CT molecular complexity index is 1150. The summed E-state index contributed by atoms with van der Waals surface area (Å²) < 4.78 is 6.46. The third-order valence-electron chi connectivity index (χ3n) is 5.06. The van der Waals surface area contributed by atoms with E-state index in [1.165, 1.54) is 18.9 Å². The predicted molar refractivity (Wildman–Crippen MR) is 130 cm³/mol. The molecule has 2 N–H and O–H groups in total. The van der Waals surface area contributed by atoms with Crippen LogP contribution in [0.4, 0.5) is 5.69 Å². The van der Waals surface area contributed by atoms with Crippen LogP contribution >= 0.6 is 11.8 Å². The zero-order valence-electron chi connectivity index (χ0n) is 19.4. The van der Waals surface area contributed by atoms with Crippen molar-refractivity contribution in [2.24, 2.45) is 13.0 Å². The van der Waals surface area contributed by atoms with Gasteiger partial charge in [0.25, 0.3) is 5.91 Å². The number of hydrogen-bond acceptors (Lipinski definition) is 7. The van der Waals surface area contributed by atoms with Crippen molar-refractivity contribution in [3.63, 3.8) is 0 Å². The van der Waals surface area contributed by atoms with Crippen molar-refractivity contribution in [1.82, 2.24) is 20.1 Å². The molecule has 3 rings (SSSR count). The van der Waals surface area contributed by atoms with Crippen LogP contribution < -0.4 is 10.6 Å². The molecule has 178 valence electrons. The summed E-state index contributed by atoms with van der Waals surface area (Å²) in [6.07, 6.45) is 0. The summed E-state index contributed by atoms with van der Waals surface area (Å²) in [7, 11) is 3.12. The van der Waals surface area contributed by atoms with Gasteiger partial charge in [-0.25, -0.2) is 4.79 Å². The highest BCUT2D eigenvalue weighted by Gasteiger charge is 2.25. The van der Waals surface area contributed by atoms with Crippen LogP contribution in [0.3, 0.4) is 0 Å². The highest BCUT2D eigenvalue weighted by molar-refractivity contribution is 7.99. The number of esters is 1. The number of nitrogens with one attached hydrogen (secondary N) is 2. The van der Waals surface area contributed by atoms with Gasteiger partial charge in [-0.3, -0.25) is 9.59 Å². The molecule has 0 aliphatic heterocycles. The highest BCUT2D eigenvalue weighted by atomic mass is 32.2. The van der Waals surface area contributed by atoms with E-state index in [2.05, 4.69) is 25.6 Å². The van der Waals surface area contributed by atoms with Crippen LogP contribution in [0.1, 0.15) is 46.4 Å². The molecule has 0 saturated carbocycles. The molecule has 3 aromatic rings. The normalized spacial score (nSPS) is 11.7. The van der Waals surface area contributed by atoms with E-state index >= 15 is 0 Å². The minimum atomic E-state index is -0.439. The molecule has 0 radical (unpaired) electrons. The number of methoxy groups -OCH3 is 1. The van der Waals surface area contributed by atoms with Crippen LogP contribution in [0.15, 0.2) is 59.8 Å². The molecule has 2 amide bonds. The maximum Gasteiger partial charge on any atom is 0.337 e. The van der Waals surface area contributed by atoms with Crippen molar-refractivity contribution < 1.29 is 19.1 Å². The maximum atomic E-state index is 12.7. The van der Waals surface area contributed by atoms with Crippen LogP contribution in [0.2, 0.25) is 0 Å². The average Bonchev–Trinajstić information content (AvgIpc) is 3.21. The molecule has 1 atom stereocenters. The third-order valence-corrected chi connectivity index (χ3v) is 6.08. The topological polar surface area (TPSA) is 115 Å². The van der Waals surface area contributed by atoms with Gasteiger partial charge in [-0.1, -0.05) is 43.8 Å². The summed E-state index contributed by atoms with van der Waals surface area (Å²) in [5, 5.41) is 14.9. The first-order chi connectivity index (χ1) is 16.3. The summed E-state index contributed by atoms with van der Waals surface area (Å²) in [5.41, 5.74) is 1.54. The van der Waals surface area contributed by atoms with Crippen LogP contribution in [-0.2, 0) is 16.6 Å². The van der Waals surface area contributed by atoms with Crippen LogP contribution in [0.5, 0.6) is 0 Å². The molecule has 0 bridgehead atoms. The van der Waals surface area contributed by atoms with Crippen molar-refractivity contribution in [3.8, 4) is 0 Å². The Labute approximate surface area is 202 Å². The van der Waals surface area contributed by atoms with Gasteiger partial charge in [-0.15, -0.1) is 10.2 Å². The lowest BCUT2D eigenvalue weighted by Gasteiger charge is -2.21. The summed E-state index contributed by atoms with van der Waals surface area (Å²) in [5.74, 6) is -0.0447. The Balaban J connectivity index is 1.61. The van der Waals surface area contributed by atoms with E-state index in [-0.39, 0.29) is 29.5 Å². The van der Waals surface area contributed by atoms with Gasteiger partial charge in [0.2, 0.25) is 5.91 Å². The van der Waals surface area contributed by atoms with E-state index in [1.807, 2.05) is 39.1 Å². The Morgan fingerprint density at radius 2 is 1.68 bits per heavy atom. The predicted octanol–water partition coefficient (Wildman–Crippen LogP) is 3.46. The number of rotatable bonds is 9. The van der Waals surface area contributed by atoms with E-state index in [9.17, 15) is 14.4 Å². The zero-order valence-corrected chi connectivity index (χ0v) is 20.3. The molecule has 9 nitrogen and oxygen atoms in total. The number of carbonyl (C=O) groups is 3. The number of benzene rings is 2.